The Morgan fingerprint density at radius 2 is 1.82 bits per heavy atom. The highest BCUT2D eigenvalue weighted by Gasteiger charge is 2.11. The van der Waals surface area contributed by atoms with Crippen molar-refractivity contribution in [3.8, 4) is 0 Å². The van der Waals surface area contributed by atoms with Crippen molar-refractivity contribution in [3.63, 3.8) is 0 Å². The van der Waals surface area contributed by atoms with E-state index in [0.29, 0.717) is 23.0 Å². The minimum Gasteiger partial charge on any atom is -0.372 e. The van der Waals surface area contributed by atoms with E-state index in [2.05, 4.69) is 49.9 Å². The number of carbonyl (C=O) groups excluding carboxylic acids is 1. The molecule has 28 heavy (non-hydrogen) atoms. The van der Waals surface area contributed by atoms with Gasteiger partial charge in [0, 0.05) is 36.7 Å². The van der Waals surface area contributed by atoms with Crippen molar-refractivity contribution in [2.24, 2.45) is 0 Å². The number of rotatable bonds is 5. The third kappa shape index (κ3) is 4.31. The highest BCUT2D eigenvalue weighted by atomic mass is 16.5. The van der Waals surface area contributed by atoms with E-state index >= 15 is 0 Å². The Morgan fingerprint density at radius 3 is 2.46 bits per heavy atom. The third-order valence-electron chi connectivity index (χ3n) is 4.76. The van der Waals surface area contributed by atoms with Gasteiger partial charge < -0.3 is 20.1 Å². The molecular weight excluding hydrogens is 354 g/mol. The highest BCUT2D eigenvalue weighted by molar-refractivity contribution is 6.03. The predicted octanol–water partition coefficient (Wildman–Crippen LogP) is 4.36. The molecule has 1 saturated heterocycles. The number of piperidine rings is 1. The summed E-state index contributed by atoms with van der Waals surface area (Å²) in [7, 11) is 0. The molecule has 3 aromatic rings. The lowest BCUT2D eigenvalue weighted by Crippen LogP contribution is -2.29. The number of benzene rings is 1. The van der Waals surface area contributed by atoms with Gasteiger partial charge in [0.1, 0.15) is 11.6 Å². The molecule has 0 atom stereocenters. The molecule has 1 aromatic carbocycles. The van der Waals surface area contributed by atoms with Crippen molar-refractivity contribution >= 4 is 28.9 Å². The van der Waals surface area contributed by atoms with Crippen LogP contribution in [0.5, 0.6) is 0 Å². The van der Waals surface area contributed by atoms with Crippen molar-refractivity contribution in [1.82, 2.24) is 10.1 Å². The first-order chi connectivity index (χ1) is 13.7. The van der Waals surface area contributed by atoms with Crippen LogP contribution in [-0.4, -0.2) is 29.1 Å². The minimum atomic E-state index is -0.279. The number of anilines is 4. The second-order valence-electron chi connectivity index (χ2n) is 6.93. The number of pyridine rings is 1. The van der Waals surface area contributed by atoms with E-state index in [1.165, 1.54) is 31.1 Å². The van der Waals surface area contributed by atoms with Crippen molar-refractivity contribution < 1.29 is 9.32 Å². The molecule has 4 rings (SSSR count). The van der Waals surface area contributed by atoms with E-state index in [4.69, 9.17) is 4.52 Å². The number of aromatic nitrogens is 2. The molecule has 0 bridgehead atoms. The van der Waals surface area contributed by atoms with Crippen LogP contribution in [0.4, 0.5) is 23.0 Å². The van der Waals surface area contributed by atoms with Crippen LogP contribution in [-0.2, 0) is 0 Å². The number of aryl methyl sites for hydroxylation is 1. The Labute approximate surface area is 163 Å². The number of carbonyl (C=O) groups is 1. The van der Waals surface area contributed by atoms with Gasteiger partial charge in [0.15, 0.2) is 5.82 Å². The van der Waals surface area contributed by atoms with Crippen LogP contribution in [0.15, 0.2) is 53.2 Å². The van der Waals surface area contributed by atoms with Crippen molar-refractivity contribution in [2.45, 2.75) is 26.2 Å². The van der Waals surface area contributed by atoms with Crippen LogP contribution in [0, 0.1) is 6.92 Å². The predicted molar refractivity (Wildman–Crippen MR) is 109 cm³/mol. The maximum absolute atomic E-state index is 12.2. The molecule has 1 fully saturated rings. The SMILES string of the molecule is Cc1cc(NC(=O)c2ccc(Nc3ccc(N4CCCCC4)cc3)nc2)no1. The monoisotopic (exact) mass is 377 g/mol. The van der Waals surface area contributed by atoms with Gasteiger partial charge in [0.2, 0.25) is 0 Å². The summed E-state index contributed by atoms with van der Waals surface area (Å²) < 4.78 is 4.94. The molecule has 2 aromatic heterocycles. The zero-order valence-corrected chi connectivity index (χ0v) is 15.8. The average molecular weight is 377 g/mol. The Morgan fingerprint density at radius 1 is 1.04 bits per heavy atom. The topological polar surface area (TPSA) is 83.3 Å². The lowest BCUT2D eigenvalue weighted by atomic mass is 10.1. The summed E-state index contributed by atoms with van der Waals surface area (Å²) in [6.07, 6.45) is 5.39. The molecule has 7 nitrogen and oxygen atoms in total. The molecule has 144 valence electrons. The Kier molecular flexibility index (Phi) is 5.23. The van der Waals surface area contributed by atoms with Crippen molar-refractivity contribution in [3.05, 3.63) is 60.0 Å². The van der Waals surface area contributed by atoms with E-state index < -0.39 is 0 Å². The van der Waals surface area contributed by atoms with Gasteiger partial charge in [-0.05, 0) is 62.6 Å². The van der Waals surface area contributed by atoms with Crippen LogP contribution in [0.1, 0.15) is 35.4 Å². The average Bonchev–Trinajstić information content (AvgIpc) is 3.14. The maximum atomic E-state index is 12.2. The molecule has 0 saturated carbocycles. The molecule has 3 heterocycles. The maximum Gasteiger partial charge on any atom is 0.258 e. The fourth-order valence-electron chi connectivity index (χ4n) is 3.27. The molecule has 1 amide bonds. The number of hydrogen-bond acceptors (Lipinski definition) is 6. The Bertz CT molecular complexity index is 928. The van der Waals surface area contributed by atoms with Crippen LogP contribution >= 0.6 is 0 Å². The molecule has 0 spiro atoms. The molecule has 0 unspecified atom stereocenters. The smallest absolute Gasteiger partial charge is 0.258 e. The van der Waals surface area contributed by atoms with Gasteiger partial charge in [-0.15, -0.1) is 0 Å². The normalized spacial score (nSPS) is 14.0. The summed E-state index contributed by atoms with van der Waals surface area (Å²) in [5, 5.41) is 9.69. The molecule has 0 radical (unpaired) electrons. The number of nitrogens with zero attached hydrogens (tertiary/aromatic N) is 3. The first-order valence-electron chi connectivity index (χ1n) is 9.50. The third-order valence-corrected chi connectivity index (χ3v) is 4.76. The van der Waals surface area contributed by atoms with Crippen LogP contribution < -0.4 is 15.5 Å². The molecule has 0 aliphatic carbocycles. The number of nitrogens with one attached hydrogen (secondary N) is 2. The van der Waals surface area contributed by atoms with E-state index in [1.54, 1.807) is 25.1 Å². The van der Waals surface area contributed by atoms with Gasteiger partial charge in [0.25, 0.3) is 5.91 Å². The highest BCUT2D eigenvalue weighted by Crippen LogP contribution is 2.23. The summed E-state index contributed by atoms with van der Waals surface area (Å²) in [5.41, 5.74) is 2.67. The lowest BCUT2D eigenvalue weighted by Gasteiger charge is -2.28. The van der Waals surface area contributed by atoms with E-state index in [0.717, 1.165) is 18.8 Å². The Balaban J connectivity index is 1.36. The van der Waals surface area contributed by atoms with Gasteiger partial charge in [-0.2, -0.15) is 0 Å². The molecule has 1 aliphatic heterocycles. The summed E-state index contributed by atoms with van der Waals surface area (Å²) >= 11 is 0. The standard InChI is InChI=1S/C21H23N5O2/c1-15-13-20(25-28-15)24-21(27)16-5-10-19(22-14-16)23-17-6-8-18(9-7-17)26-11-3-2-4-12-26/h5-10,13-14H,2-4,11-12H2,1H3,(H,22,23)(H,24,25,27). The van der Waals surface area contributed by atoms with Gasteiger partial charge in [-0.1, -0.05) is 5.16 Å². The fraction of sp³-hybridized carbons (Fsp3) is 0.286. The summed E-state index contributed by atoms with van der Waals surface area (Å²) in [5.74, 6) is 1.43. The molecule has 7 heteroatoms. The summed E-state index contributed by atoms with van der Waals surface area (Å²) in [6, 6.07) is 13.5. The van der Waals surface area contributed by atoms with Crippen LogP contribution in [0.25, 0.3) is 0 Å². The van der Waals surface area contributed by atoms with Gasteiger partial charge in [-0.3, -0.25) is 4.79 Å². The lowest BCUT2D eigenvalue weighted by molar-refractivity contribution is 0.102. The minimum absolute atomic E-state index is 0.279. The second kappa shape index (κ2) is 8.12. The summed E-state index contributed by atoms with van der Waals surface area (Å²) in [6.45, 7) is 4.03. The van der Waals surface area contributed by atoms with Crippen molar-refractivity contribution in [2.75, 3.05) is 28.6 Å². The van der Waals surface area contributed by atoms with Gasteiger partial charge in [-0.25, -0.2) is 4.98 Å². The Hall–Kier alpha value is -3.35. The van der Waals surface area contributed by atoms with Crippen LogP contribution in [0.2, 0.25) is 0 Å². The molecule has 2 N–H and O–H groups in total. The molecule has 1 aliphatic rings. The van der Waals surface area contributed by atoms with Gasteiger partial charge in [0.05, 0.1) is 5.56 Å². The van der Waals surface area contributed by atoms with Crippen LogP contribution in [0.3, 0.4) is 0 Å². The zero-order valence-electron chi connectivity index (χ0n) is 15.8. The first kappa shape index (κ1) is 18.0. The first-order valence-corrected chi connectivity index (χ1v) is 9.50. The van der Waals surface area contributed by atoms with Gasteiger partial charge >= 0.3 is 0 Å². The van der Waals surface area contributed by atoms with E-state index in [1.807, 2.05) is 0 Å². The van der Waals surface area contributed by atoms with Crippen molar-refractivity contribution in [1.29, 1.82) is 0 Å². The fourth-order valence-corrected chi connectivity index (χ4v) is 3.27. The second-order valence-corrected chi connectivity index (χ2v) is 6.93. The van der Waals surface area contributed by atoms with E-state index in [-0.39, 0.29) is 5.91 Å². The van der Waals surface area contributed by atoms with E-state index in [9.17, 15) is 4.79 Å². The number of hydrogen-bond donors (Lipinski definition) is 2. The summed E-state index contributed by atoms with van der Waals surface area (Å²) in [4.78, 5) is 19.0. The zero-order chi connectivity index (χ0) is 19.3. The number of amides is 1. The largest absolute Gasteiger partial charge is 0.372 e. The molecular formula is C21H23N5O2. The quantitative estimate of drug-likeness (QED) is 0.687.